The van der Waals surface area contributed by atoms with Crippen LogP contribution < -0.4 is 32.1 Å². The number of carbonyl (C=O) groups is 6. The first kappa shape index (κ1) is 31.7. The van der Waals surface area contributed by atoms with E-state index in [1.165, 1.54) is 30.5 Å². The van der Waals surface area contributed by atoms with E-state index in [9.17, 15) is 38.7 Å². The van der Waals surface area contributed by atoms with E-state index in [-0.39, 0.29) is 42.4 Å². The van der Waals surface area contributed by atoms with E-state index in [1.807, 2.05) is 0 Å². The molecule has 3 amide bonds. The molecule has 1 aromatic carbocycles. The number of aliphatic carboxylic acids is 3. The lowest BCUT2D eigenvalue weighted by Gasteiger charge is -2.28. The summed E-state index contributed by atoms with van der Waals surface area (Å²) in [5.74, 6) is -5.82. The molecular formula is C25H28N8O10. The molecular weight excluding hydrogens is 572 g/mol. The summed E-state index contributed by atoms with van der Waals surface area (Å²) in [6, 6.07) is 2.26. The zero-order chi connectivity index (χ0) is 31.7. The van der Waals surface area contributed by atoms with Crippen LogP contribution in [0.2, 0.25) is 0 Å². The Morgan fingerprint density at radius 3 is 2.23 bits per heavy atom. The summed E-state index contributed by atoms with van der Waals surface area (Å²) in [4.78, 5) is 93.8. The highest BCUT2D eigenvalue weighted by Gasteiger charge is 2.28. The number of nitrogen functional groups attached to an aromatic ring is 1. The van der Waals surface area contributed by atoms with Crippen LogP contribution in [0.3, 0.4) is 0 Å². The fraction of sp³-hybridized carbons (Fsp3) is 0.320. The van der Waals surface area contributed by atoms with E-state index < -0.39 is 66.2 Å². The Labute approximate surface area is 242 Å². The number of hydrogen-bond acceptors (Lipinski definition) is 11. The molecule has 0 saturated carbocycles. The van der Waals surface area contributed by atoms with Crippen LogP contribution >= 0.6 is 0 Å². The van der Waals surface area contributed by atoms with Crippen LogP contribution in [0.25, 0.3) is 0 Å². The van der Waals surface area contributed by atoms with Gasteiger partial charge in [-0.15, -0.1) is 0 Å². The Kier molecular flexibility index (Phi) is 10.5. The second-order valence-electron chi connectivity index (χ2n) is 9.23. The SMILES string of the molecule is Nc1nc2c(c(=O)[nH]1)N(C=O)[C@@H](CNc1ccc(C(=O)N[C@@H](CCC(=O)N[C@@H](CCC(=O)O)C(=O)O)C(=O)O)cc1)C=N2. The summed E-state index contributed by atoms with van der Waals surface area (Å²) < 4.78 is 0. The standard InChI is InChI=1S/C25H28N8O10/c26-25-31-20-19(22(39)32-25)33(11-34)14(10-28-20)9-27-13-3-1-12(2-4-13)21(38)30-16(24(42)43)5-7-17(35)29-15(23(40)41)6-8-18(36)37/h1-4,10-11,14-16,27H,5-9H2,(H,29,35)(H,30,38)(H,36,37)(H,40,41)(H,42,43)(H3,26,31,32,39)/t14-,15-,16-/m0/s1. The van der Waals surface area contributed by atoms with Crippen LogP contribution in [-0.4, -0.2) is 92.3 Å². The molecule has 0 bridgehead atoms. The lowest BCUT2D eigenvalue weighted by Crippen LogP contribution is -2.45. The fourth-order valence-electron chi connectivity index (χ4n) is 4.00. The molecule has 3 rings (SSSR count). The molecule has 43 heavy (non-hydrogen) atoms. The first-order valence-electron chi connectivity index (χ1n) is 12.7. The topological polar surface area (TPSA) is 287 Å². The molecule has 0 spiro atoms. The maximum Gasteiger partial charge on any atom is 0.326 e. The lowest BCUT2D eigenvalue weighted by molar-refractivity contribution is -0.143. The maximum atomic E-state index is 12.7. The van der Waals surface area contributed by atoms with E-state index >= 15 is 0 Å². The number of H-pyrrole nitrogens is 1. The molecule has 1 aliphatic heterocycles. The number of nitrogens with zero attached hydrogens (tertiary/aromatic N) is 3. The van der Waals surface area contributed by atoms with E-state index in [0.29, 0.717) is 12.1 Å². The largest absolute Gasteiger partial charge is 0.481 e. The second kappa shape index (κ2) is 14.2. The van der Waals surface area contributed by atoms with Crippen molar-refractivity contribution in [1.29, 1.82) is 0 Å². The highest BCUT2D eigenvalue weighted by Crippen LogP contribution is 2.26. The average molecular weight is 601 g/mol. The summed E-state index contributed by atoms with van der Waals surface area (Å²) in [6.45, 7) is 0.124. The van der Waals surface area contributed by atoms with Gasteiger partial charge >= 0.3 is 17.9 Å². The Morgan fingerprint density at radius 2 is 1.63 bits per heavy atom. The predicted molar refractivity (Wildman–Crippen MR) is 149 cm³/mol. The summed E-state index contributed by atoms with van der Waals surface area (Å²) >= 11 is 0. The van der Waals surface area contributed by atoms with Gasteiger partial charge in [-0.2, -0.15) is 4.98 Å². The van der Waals surface area contributed by atoms with Crippen molar-refractivity contribution in [3.63, 3.8) is 0 Å². The summed E-state index contributed by atoms with van der Waals surface area (Å²) in [5, 5.41) is 34.8. The maximum absolute atomic E-state index is 12.7. The molecule has 0 unspecified atom stereocenters. The van der Waals surface area contributed by atoms with Gasteiger partial charge in [0.2, 0.25) is 18.3 Å². The van der Waals surface area contributed by atoms with Gasteiger partial charge in [0, 0.05) is 36.9 Å². The van der Waals surface area contributed by atoms with Crippen molar-refractivity contribution in [2.24, 2.45) is 4.99 Å². The fourth-order valence-corrected chi connectivity index (χ4v) is 4.00. The van der Waals surface area contributed by atoms with Crippen LogP contribution in [0, 0.1) is 0 Å². The van der Waals surface area contributed by atoms with Crippen LogP contribution in [0.4, 0.5) is 23.1 Å². The van der Waals surface area contributed by atoms with Crippen molar-refractivity contribution in [3.8, 4) is 0 Å². The van der Waals surface area contributed by atoms with E-state index in [2.05, 4.69) is 30.9 Å². The van der Waals surface area contributed by atoms with Gasteiger partial charge in [0.25, 0.3) is 11.5 Å². The average Bonchev–Trinajstić information content (AvgIpc) is 2.95. The van der Waals surface area contributed by atoms with Crippen molar-refractivity contribution in [3.05, 3.63) is 40.2 Å². The quantitative estimate of drug-likeness (QED) is 0.113. The third kappa shape index (κ3) is 8.59. The number of aliphatic imine (C=N–C) groups is 1. The van der Waals surface area contributed by atoms with Gasteiger partial charge in [-0.1, -0.05) is 0 Å². The molecule has 0 fully saturated rings. The third-order valence-corrected chi connectivity index (χ3v) is 6.20. The highest BCUT2D eigenvalue weighted by atomic mass is 16.4. The van der Waals surface area contributed by atoms with Crippen LogP contribution in [0.1, 0.15) is 36.0 Å². The molecule has 0 radical (unpaired) electrons. The van der Waals surface area contributed by atoms with Gasteiger partial charge in [0.15, 0.2) is 11.5 Å². The Balaban J connectivity index is 1.55. The van der Waals surface area contributed by atoms with Crippen LogP contribution in [0.15, 0.2) is 34.1 Å². The smallest absolute Gasteiger partial charge is 0.326 e. The van der Waals surface area contributed by atoms with Gasteiger partial charge in [-0.25, -0.2) is 14.6 Å². The minimum absolute atomic E-state index is 0.000421. The van der Waals surface area contributed by atoms with Gasteiger partial charge in [0.05, 0.1) is 6.04 Å². The number of hydrogen-bond donors (Lipinski definition) is 8. The number of fused-ring (bicyclic) bond motifs is 1. The number of benzene rings is 1. The number of aromatic amines is 1. The monoisotopic (exact) mass is 600 g/mol. The van der Waals surface area contributed by atoms with Crippen molar-refractivity contribution >= 4 is 65.5 Å². The molecule has 1 aromatic heterocycles. The minimum atomic E-state index is -1.48. The molecule has 18 nitrogen and oxygen atoms in total. The Morgan fingerprint density at radius 1 is 1.00 bits per heavy atom. The van der Waals surface area contributed by atoms with Crippen LogP contribution in [0.5, 0.6) is 0 Å². The molecule has 9 N–H and O–H groups in total. The van der Waals surface area contributed by atoms with Crippen molar-refractivity contribution in [2.75, 3.05) is 22.5 Å². The molecule has 2 aromatic rings. The van der Waals surface area contributed by atoms with E-state index in [0.717, 1.165) is 4.90 Å². The van der Waals surface area contributed by atoms with Gasteiger partial charge in [0.1, 0.15) is 12.1 Å². The first-order valence-corrected chi connectivity index (χ1v) is 12.7. The summed E-state index contributed by atoms with van der Waals surface area (Å²) in [7, 11) is 0. The first-order chi connectivity index (χ1) is 20.4. The number of nitrogens with two attached hydrogens (primary N) is 1. The van der Waals surface area contributed by atoms with Crippen molar-refractivity contribution in [1.82, 2.24) is 20.6 Å². The van der Waals surface area contributed by atoms with Crippen molar-refractivity contribution in [2.45, 2.75) is 43.8 Å². The number of nitrogens with one attached hydrogen (secondary N) is 4. The second-order valence-corrected chi connectivity index (χ2v) is 9.23. The molecule has 0 saturated heterocycles. The Hall–Kier alpha value is -5.81. The highest BCUT2D eigenvalue weighted by molar-refractivity contribution is 5.97. The Bertz CT molecular complexity index is 1490. The van der Waals surface area contributed by atoms with Crippen LogP contribution in [-0.2, 0) is 24.0 Å². The van der Waals surface area contributed by atoms with E-state index in [4.69, 9.17) is 15.9 Å². The number of rotatable bonds is 15. The third-order valence-electron chi connectivity index (χ3n) is 6.20. The summed E-state index contributed by atoms with van der Waals surface area (Å²) in [5.41, 5.74) is 5.44. The van der Waals surface area contributed by atoms with Gasteiger partial charge < -0.3 is 37.0 Å². The van der Waals surface area contributed by atoms with E-state index in [1.54, 1.807) is 0 Å². The normalized spacial score (nSPS) is 15.0. The molecule has 1 aliphatic rings. The summed E-state index contributed by atoms with van der Waals surface area (Å²) in [6.07, 6.45) is 0.228. The number of carbonyl (C=O) groups excluding carboxylic acids is 3. The molecule has 0 aliphatic carbocycles. The number of anilines is 3. The molecule has 18 heteroatoms. The van der Waals surface area contributed by atoms with Gasteiger partial charge in [-0.05, 0) is 37.1 Å². The predicted octanol–water partition coefficient (Wildman–Crippen LogP) is -1.09. The zero-order valence-electron chi connectivity index (χ0n) is 22.4. The molecule has 3 atom stereocenters. The zero-order valence-corrected chi connectivity index (χ0v) is 22.4. The number of carboxylic acids is 3. The minimum Gasteiger partial charge on any atom is -0.481 e. The number of amides is 3. The molecule has 2 heterocycles. The van der Waals surface area contributed by atoms with Crippen molar-refractivity contribution < 1.29 is 44.1 Å². The lowest BCUT2D eigenvalue weighted by atomic mass is 10.1. The number of aromatic nitrogens is 2. The number of carboxylic acid groups (broad SMARTS) is 3. The molecule has 228 valence electrons. The van der Waals surface area contributed by atoms with Gasteiger partial charge in [-0.3, -0.25) is 33.9 Å².